The van der Waals surface area contributed by atoms with Crippen LogP contribution < -0.4 is 14.8 Å². The zero-order chi connectivity index (χ0) is 15.5. The van der Waals surface area contributed by atoms with Crippen LogP contribution in [0.25, 0.3) is 0 Å². The van der Waals surface area contributed by atoms with Gasteiger partial charge in [0.2, 0.25) is 6.79 Å². The third kappa shape index (κ3) is 2.88. The summed E-state index contributed by atoms with van der Waals surface area (Å²) in [6.07, 6.45) is 2.53. The van der Waals surface area contributed by atoms with E-state index in [1.807, 2.05) is 26.0 Å². The maximum atomic E-state index is 12.4. The van der Waals surface area contributed by atoms with Gasteiger partial charge in [0.15, 0.2) is 11.5 Å². The van der Waals surface area contributed by atoms with Gasteiger partial charge in [-0.1, -0.05) is 6.92 Å². The fourth-order valence-electron chi connectivity index (χ4n) is 2.41. The molecule has 1 aliphatic heterocycles. The van der Waals surface area contributed by atoms with Gasteiger partial charge in [0.25, 0.3) is 5.91 Å². The number of rotatable bonds is 4. The van der Waals surface area contributed by atoms with Crippen molar-refractivity contribution in [2.24, 2.45) is 0 Å². The number of aromatic nitrogens is 1. The molecule has 0 fully saturated rings. The molecule has 1 amide bonds. The molecule has 0 spiro atoms. The number of ether oxygens (including phenoxy) is 2. The van der Waals surface area contributed by atoms with E-state index in [0.29, 0.717) is 17.1 Å². The van der Waals surface area contributed by atoms with Crippen LogP contribution in [-0.2, 0) is 0 Å². The molecule has 1 atom stereocenters. The van der Waals surface area contributed by atoms with Crippen molar-refractivity contribution in [2.75, 3.05) is 6.79 Å². The highest BCUT2D eigenvalue weighted by Gasteiger charge is 2.19. The van der Waals surface area contributed by atoms with Crippen molar-refractivity contribution in [3.8, 4) is 11.5 Å². The average molecular weight is 298 g/mol. The van der Waals surface area contributed by atoms with Crippen molar-refractivity contribution in [2.45, 2.75) is 26.3 Å². The zero-order valence-electron chi connectivity index (χ0n) is 12.6. The van der Waals surface area contributed by atoms with E-state index in [1.54, 1.807) is 24.4 Å². The van der Waals surface area contributed by atoms with Crippen molar-refractivity contribution in [3.63, 3.8) is 0 Å². The Hall–Kier alpha value is -2.56. The molecular weight excluding hydrogens is 280 g/mol. The fourth-order valence-corrected chi connectivity index (χ4v) is 2.41. The summed E-state index contributed by atoms with van der Waals surface area (Å²) in [5.74, 6) is 1.13. The van der Waals surface area contributed by atoms with Crippen LogP contribution in [-0.4, -0.2) is 17.7 Å². The van der Waals surface area contributed by atoms with Gasteiger partial charge in [-0.05, 0) is 49.2 Å². The van der Waals surface area contributed by atoms with Gasteiger partial charge in [-0.15, -0.1) is 0 Å². The van der Waals surface area contributed by atoms with E-state index in [1.165, 1.54) is 0 Å². The zero-order valence-corrected chi connectivity index (χ0v) is 12.6. The second-order valence-corrected chi connectivity index (χ2v) is 5.26. The largest absolute Gasteiger partial charge is 0.454 e. The summed E-state index contributed by atoms with van der Waals surface area (Å²) in [5, 5.41) is 3.02. The minimum Gasteiger partial charge on any atom is -0.454 e. The number of aryl methyl sites for hydroxylation is 1. The van der Waals surface area contributed by atoms with E-state index in [9.17, 15) is 4.79 Å². The van der Waals surface area contributed by atoms with Crippen LogP contribution in [0.4, 0.5) is 0 Å². The quantitative estimate of drug-likeness (QED) is 0.942. The molecule has 2 aromatic rings. The summed E-state index contributed by atoms with van der Waals surface area (Å²) < 4.78 is 10.6. The van der Waals surface area contributed by atoms with Gasteiger partial charge in [0, 0.05) is 11.8 Å². The van der Waals surface area contributed by atoms with Crippen LogP contribution >= 0.6 is 0 Å². The van der Waals surface area contributed by atoms with Crippen LogP contribution in [0, 0.1) is 6.92 Å². The van der Waals surface area contributed by atoms with Crippen molar-refractivity contribution >= 4 is 5.91 Å². The highest BCUT2D eigenvalue weighted by molar-refractivity contribution is 5.95. The molecular formula is C17H18N2O3. The molecule has 0 aliphatic carbocycles. The van der Waals surface area contributed by atoms with Gasteiger partial charge in [-0.25, -0.2) is 0 Å². The molecule has 1 aromatic heterocycles. The molecule has 1 aromatic carbocycles. The van der Waals surface area contributed by atoms with Gasteiger partial charge in [-0.2, -0.15) is 0 Å². The number of amides is 1. The molecule has 5 nitrogen and oxygen atoms in total. The predicted octanol–water partition coefficient (Wildman–Crippen LogP) is 3.00. The normalized spacial score (nSPS) is 13.7. The first kappa shape index (κ1) is 14.4. The lowest BCUT2D eigenvalue weighted by Gasteiger charge is -2.17. The number of nitrogens with zero attached hydrogens (tertiary/aromatic N) is 1. The topological polar surface area (TPSA) is 60.5 Å². The van der Waals surface area contributed by atoms with Crippen molar-refractivity contribution in [1.82, 2.24) is 10.3 Å². The number of fused-ring (bicyclic) bond motifs is 1. The Morgan fingerprint density at radius 2 is 2.09 bits per heavy atom. The molecule has 0 saturated heterocycles. The van der Waals surface area contributed by atoms with Crippen molar-refractivity contribution in [3.05, 3.63) is 53.3 Å². The number of nitrogens with one attached hydrogen (secondary N) is 1. The Balaban J connectivity index is 1.77. The van der Waals surface area contributed by atoms with E-state index < -0.39 is 0 Å². The van der Waals surface area contributed by atoms with E-state index in [2.05, 4.69) is 10.3 Å². The summed E-state index contributed by atoms with van der Waals surface area (Å²) in [4.78, 5) is 16.8. The first-order chi connectivity index (χ1) is 10.7. The third-order valence-corrected chi connectivity index (χ3v) is 3.64. The first-order valence-corrected chi connectivity index (χ1v) is 7.30. The van der Waals surface area contributed by atoms with Gasteiger partial charge in [0.1, 0.15) is 0 Å². The monoisotopic (exact) mass is 298 g/mol. The molecule has 0 saturated carbocycles. The van der Waals surface area contributed by atoms with Gasteiger partial charge in [-0.3, -0.25) is 9.78 Å². The summed E-state index contributed by atoms with van der Waals surface area (Å²) >= 11 is 0. The number of carbonyl (C=O) groups excluding carboxylic acids is 1. The summed E-state index contributed by atoms with van der Waals surface area (Å²) in [5.41, 5.74) is 2.55. The standard InChI is InChI=1S/C17H18N2O3/c1-3-13(14-8-11(2)6-7-18-14)19-17(20)12-4-5-15-16(9-12)22-10-21-15/h4-9,13H,3,10H2,1-2H3,(H,19,20)/t13-/m0/s1. The summed E-state index contributed by atoms with van der Waals surface area (Å²) in [6, 6.07) is 9.01. The molecule has 0 unspecified atom stereocenters. The lowest BCUT2D eigenvalue weighted by molar-refractivity contribution is 0.0934. The Morgan fingerprint density at radius 1 is 1.27 bits per heavy atom. The predicted molar refractivity (Wildman–Crippen MR) is 82.0 cm³/mol. The maximum Gasteiger partial charge on any atom is 0.251 e. The molecule has 0 bridgehead atoms. The number of pyridine rings is 1. The van der Waals surface area contributed by atoms with Gasteiger partial charge >= 0.3 is 0 Å². The first-order valence-electron chi connectivity index (χ1n) is 7.30. The fraction of sp³-hybridized carbons (Fsp3) is 0.294. The van der Waals surface area contributed by atoms with E-state index in [-0.39, 0.29) is 18.7 Å². The molecule has 1 aliphatic rings. The number of hydrogen-bond acceptors (Lipinski definition) is 4. The molecule has 5 heteroatoms. The van der Waals surface area contributed by atoms with Crippen LogP contribution in [0.1, 0.15) is 41.0 Å². The maximum absolute atomic E-state index is 12.4. The molecule has 2 heterocycles. The van der Waals surface area contributed by atoms with E-state index >= 15 is 0 Å². The smallest absolute Gasteiger partial charge is 0.251 e. The lowest BCUT2D eigenvalue weighted by atomic mass is 10.1. The number of carbonyl (C=O) groups is 1. The Labute approximate surface area is 129 Å². The lowest BCUT2D eigenvalue weighted by Crippen LogP contribution is -2.28. The van der Waals surface area contributed by atoms with Crippen LogP contribution in [0.15, 0.2) is 36.5 Å². The number of benzene rings is 1. The highest BCUT2D eigenvalue weighted by Crippen LogP contribution is 2.32. The Kier molecular flexibility index (Phi) is 3.96. The second kappa shape index (κ2) is 6.05. The molecule has 3 rings (SSSR count). The molecule has 114 valence electrons. The number of hydrogen-bond donors (Lipinski definition) is 1. The Morgan fingerprint density at radius 3 is 2.86 bits per heavy atom. The molecule has 0 radical (unpaired) electrons. The van der Waals surface area contributed by atoms with Crippen LogP contribution in [0.2, 0.25) is 0 Å². The minimum atomic E-state index is -0.145. The molecule has 1 N–H and O–H groups in total. The van der Waals surface area contributed by atoms with Crippen molar-refractivity contribution < 1.29 is 14.3 Å². The van der Waals surface area contributed by atoms with E-state index in [4.69, 9.17) is 9.47 Å². The molecule has 22 heavy (non-hydrogen) atoms. The summed E-state index contributed by atoms with van der Waals surface area (Å²) in [6.45, 7) is 4.23. The van der Waals surface area contributed by atoms with Crippen LogP contribution in [0.5, 0.6) is 11.5 Å². The highest BCUT2D eigenvalue weighted by atomic mass is 16.7. The second-order valence-electron chi connectivity index (χ2n) is 5.26. The summed E-state index contributed by atoms with van der Waals surface area (Å²) in [7, 11) is 0. The minimum absolute atomic E-state index is 0.113. The van der Waals surface area contributed by atoms with Gasteiger partial charge < -0.3 is 14.8 Å². The van der Waals surface area contributed by atoms with E-state index in [0.717, 1.165) is 17.7 Å². The third-order valence-electron chi connectivity index (χ3n) is 3.64. The Bertz CT molecular complexity index is 700. The average Bonchev–Trinajstić information content (AvgIpc) is 2.99. The SMILES string of the molecule is CC[C@H](NC(=O)c1ccc2c(c1)OCO2)c1cc(C)ccn1. The van der Waals surface area contributed by atoms with Crippen molar-refractivity contribution in [1.29, 1.82) is 0 Å². The van der Waals surface area contributed by atoms with Gasteiger partial charge in [0.05, 0.1) is 11.7 Å². The van der Waals surface area contributed by atoms with Crippen LogP contribution in [0.3, 0.4) is 0 Å².